The highest BCUT2D eigenvalue weighted by Gasteiger charge is 2.22. The van der Waals surface area contributed by atoms with Gasteiger partial charge in [-0.05, 0) is 54.3 Å². The average molecular weight is 303 g/mol. The van der Waals surface area contributed by atoms with Gasteiger partial charge in [-0.1, -0.05) is 12.1 Å². The number of fused-ring (bicyclic) bond motifs is 1. The van der Waals surface area contributed by atoms with E-state index in [-0.39, 0.29) is 11.7 Å². The molecule has 3 rings (SSSR count). The molecule has 2 aromatic carbocycles. The minimum absolute atomic E-state index is 0.0518. The van der Waals surface area contributed by atoms with Gasteiger partial charge < -0.3 is 10.1 Å². The standard InChI is InChI=1S/C17H15F2NO2/c1-9-4-3-5-13(22-17(18)19)15(9)11-6-10(2)16-12(7-11)8-14(21)20-16/h3-7,17H,8H2,1-2H3,(H,20,21). The van der Waals surface area contributed by atoms with Crippen molar-refractivity contribution < 1.29 is 18.3 Å². The largest absolute Gasteiger partial charge is 0.434 e. The molecule has 0 bridgehead atoms. The normalized spacial score (nSPS) is 13.2. The van der Waals surface area contributed by atoms with Gasteiger partial charge in [0.15, 0.2) is 0 Å². The van der Waals surface area contributed by atoms with Crippen LogP contribution in [0, 0.1) is 13.8 Å². The Labute approximate surface area is 126 Å². The molecule has 1 aliphatic rings. The molecule has 0 saturated carbocycles. The predicted octanol–water partition coefficient (Wildman–Crippen LogP) is 4.07. The van der Waals surface area contributed by atoms with Crippen molar-refractivity contribution in [2.24, 2.45) is 0 Å². The number of hydrogen-bond acceptors (Lipinski definition) is 2. The Morgan fingerprint density at radius 2 is 1.95 bits per heavy atom. The van der Waals surface area contributed by atoms with Gasteiger partial charge in [0.2, 0.25) is 5.91 Å². The molecule has 0 spiro atoms. The molecule has 1 N–H and O–H groups in total. The molecule has 0 aromatic heterocycles. The van der Waals surface area contributed by atoms with Crippen LogP contribution in [0.2, 0.25) is 0 Å². The maximum atomic E-state index is 12.6. The summed E-state index contributed by atoms with van der Waals surface area (Å²) in [6.45, 7) is 0.860. The van der Waals surface area contributed by atoms with Crippen molar-refractivity contribution in [1.29, 1.82) is 0 Å². The molecule has 0 atom stereocenters. The number of benzene rings is 2. The molecule has 5 heteroatoms. The van der Waals surface area contributed by atoms with Crippen LogP contribution in [0.4, 0.5) is 14.5 Å². The van der Waals surface area contributed by atoms with Gasteiger partial charge in [0.05, 0.1) is 6.42 Å². The topological polar surface area (TPSA) is 38.3 Å². The molecule has 22 heavy (non-hydrogen) atoms. The van der Waals surface area contributed by atoms with E-state index in [1.807, 2.05) is 32.0 Å². The summed E-state index contributed by atoms with van der Waals surface area (Å²) in [6, 6.07) is 8.80. The molecule has 1 heterocycles. The van der Waals surface area contributed by atoms with Gasteiger partial charge >= 0.3 is 6.61 Å². The third kappa shape index (κ3) is 2.54. The van der Waals surface area contributed by atoms with Crippen molar-refractivity contribution in [3.63, 3.8) is 0 Å². The zero-order valence-electron chi connectivity index (χ0n) is 12.2. The van der Waals surface area contributed by atoms with E-state index in [4.69, 9.17) is 0 Å². The lowest BCUT2D eigenvalue weighted by atomic mass is 9.95. The summed E-state index contributed by atoms with van der Waals surface area (Å²) in [7, 11) is 0. The van der Waals surface area contributed by atoms with Crippen LogP contribution in [0.1, 0.15) is 16.7 Å². The highest BCUT2D eigenvalue weighted by molar-refractivity contribution is 6.01. The second-order valence-electron chi connectivity index (χ2n) is 5.38. The summed E-state index contributed by atoms with van der Waals surface area (Å²) in [5.74, 6) is 0.0933. The van der Waals surface area contributed by atoms with Gasteiger partial charge in [-0.15, -0.1) is 0 Å². The molecule has 2 aromatic rings. The number of alkyl halides is 2. The molecular weight excluding hydrogens is 288 g/mol. The number of nitrogens with one attached hydrogen (secondary N) is 1. The highest BCUT2D eigenvalue weighted by atomic mass is 19.3. The van der Waals surface area contributed by atoms with Crippen LogP contribution in [0.25, 0.3) is 11.1 Å². The maximum absolute atomic E-state index is 12.6. The second-order valence-corrected chi connectivity index (χ2v) is 5.38. The number of amides is 1. The Hall–Kier alpha value is -2.43. The quantitative estimate of drug-likeness (QED) is 0.928. The monoisotopic (exact) mass is 303 g/mol. The van der Waals surface area contributed by atoms with Gasteiger partial charge in [0.1, 0.15) is 5.75 Å². The number of anilines is 1. The third-order valence-corrected chi connectivity index (χ3v) is 3.77. The molecule has 1 aliphatic heterocycles. The first-order valence-corrected chi connectivity index (χ1v) is 6.94. The van der Waals surface area contributed by atoms with Gasteiger partial charge in [0.25, 0.3) is 0 Å². The van der Waals surface area contributed by atoms with Crippen molar-refractivity contribution in [1.82, 2.24) is 0 Å². The van der Waals surface area contributed by atoms with Crippen LogP contribution in [0.3, 0.4) is 0 Å². The Bertz CT molecular complexity index is 757. The molecular formula is C17H15F2NO2. The van der Waals surface area contributed by atoms with Crippen LogP contribution < -0.4 is 10.1 Å². The fraction of sp³-hybridized carbons (Fsp3) is 0.235. The molecule has 0 radical (unpaired) electrons. The number of carbonyl (C=O) groups excluding carboxylic acids is 1. The summed E-state index contributed by atoms with van der Waals surface area (Å²) in [6.07, 6.45) is 0.306. The minimum atomic E-state index is -2.88. The third-order valence-electron chi connectivity index (χ3n) is 3.77. The number of aryl methyl sites for hydroxylation is 2. The smallest absolute Gasteiger partial charge is 0.387 e. The van der Waals surface area contributed by atoms with E-state index in [1.165, 1.54) is 6.07 Å². The summed E-state index contributed by atoms with van der Waals surface area (Å²) in [4.78, 5) is 11.5. The predicted molar refractivity (Wildman–Crippen MR) is 80.3 cm³/mol. The Morgan fingerprint density at radius 1 is 1.18 bits per heavy atom. The molecule has 0 unspecified atom stereocenters. The van der Waals surface area contributed by atoms with E-state index < -0.39 is 6.61 Å². The zero-order valence-corrected chi connectivity index (χ0v) is 12.2. The van der Waals surface area contributed by atoms with E-state index in [0.29, 0.717) is 12.0 Å². The lowest BCUT2D eigenvalue weighted by molar-refractivity contribution is -0.115. The summed E-state index contributed by atoms with van der Waals surface area (Å²) in [5, 5.41) is 2.82. The molecule has 0 aliphatic carbocycles. The van der Waals surface area contributed by atoms with E-state index in [9.17, 15) is 13.6 Å². The zero-order chi connectivity index (χ0) is 15.9. The Kier molecular flexibility index (Phi) is 3.56. The van der Waals surface area contributed by atoms with E-state index in [2.05, 4.69) is 10.1 Å². The Morgan fingerprint density at radius 3 is 2.68 bits per heavy atom. The Balaban J connectivity index is 2.15. The van der Waals surface area contributed by atoms with Crippen LogP contribution in [-0.2, 0) is 11.2 Å². The van der Waals surface area contributed by atoms with Crippen molar-refractivity contribution in [3.05, 3.63) is 47.0 Å². The number of hydrogen-bond donors (Lipinski definition) is 1. The molecule has 3 nitrogen and oxygen atoms in total. The van der Waals surface area contributed by atoms with E-state index in [1.54, 1.807) is 6.07 Å². The molecule has 1 amide bonds. The SMILES string of the molecule is Cc1cc(-c2c(C)cccc2OC(F)F)cc2c1NC(=O)C2. The first kappa shape index (κ1) is 14.5. The van der Waals surface area contributed by atoms with Gasteiger partial charge in [-0.2, -0.15) is 8.78 Å². The van der Waals surface area contributed by atoms with Crippen molar-refractivity contribution in [2.75, 3.05) is 5.32 Å². The fourth-order valence-corrected chi connectivity index (χ4v) is 2.88. The summed E-state index contributed by atoms with van der Waals surface area (Å²) < 4.78 is 29.9. The summed E-state index contributed by atoms with van der Waals surface area (Å²) in [5.41, 5.74) is 4.86. The number of rotatable bonds is 3. The number of ether oxygens (including phenoxy) is 1. The highest BCUT2D eigenvalue weighted by Crippen LogP contribution is 2.38. The van der Waals surface area contributed by atoms with Crippen molar-refractivity contribution >= 4 is 11.6 Å². The van der Waals surface area contributed by atoms with Gasteiger partial charge in [-0.25, -0.2) is 0 Å². The van der Waals surface area contributed by atoms with Crippen molar-refractivity contribution in [3.8, 4) is 16.9 Å². The van der Waals surface area contributed by atoms with E-state index >= 15 is 0 Å². The average Bonchev–Trinajstić information content (AvgIpc) is 2.79. The lowest BCUT2D eigenvalue weighted by Crippen LogP contribution is -2.04. The minimum Gasteiger partial charge on any atom is -0.434 e. The molecule has 0 fully saturated rings. The van der Waals surface area contributed by atoms with Crippen LogP contribution in [0.15, 0.2) is 30.3 Å². The molecule has 114 valence electrons. The van der Waals surface area contributed by atoms with Crippen LogP contribution >= 0.6 is 0 Å². The van der Waals surface area contributed by atoms with Crippen LogP contribution in [0.5, 0.6) is 5.75 Å². The fourth-order valence-electron chi connectivity index (χ4n) is 2.88. The van der Waals surface area contributed by atoms with Gasteiger partial charge in [0, 0.05) is 11.3 Å². The molecule has 0 saturated heterocycles. The second kappa shape index (κ2) is 5.40. The summed E-state index contributed by atoms with van der Waals surface area (Å²) >= 11 is 0. The lowest BCUT2D eigenvalue weighted by Gasteiger charge is -2.15. The van der Waals surface area contributed by atoms with Gasteiger partial charge in [-0.3, -0.25) is 4.79 Å². The van der Waals surface area contributed by atoms with E-state index in [0.717, 1.165) is 27.9 Å². The first-order chi connectivity index (χ1) is 10.5. The first-order valence-electron chi connectivity index (χ1n) is 6.94. The van der Waals surface area contributed by atoms with Crippen LogP contribution in [-0.4, -0.2) is 12.5 Å². The maximum Gasteiger partial charge on any atom is 0.387 e. The number of carbonyl (C=O) groups is 1. The number of halogens is 2. The van der Waals surface area contributed by atoms with Crippen molar-refractivity contribution in [2.45, 2.75) is 26.9 Å².